The molecule has 0 saturated heterocycles. The fraction of sp³-hybridized carbons (Fsp3) is 0.125. The van der Waals surface area contributed by atoms with Crippen molar-refractivity contribution < 1.29 is 9.84 Å². The maximum absolute atomic E-state index is 10.3. The van der Waals surface area contributed by atoms with E-state index in [1.54, 1.807) is 7.11 Å². The summed E-state index contributed by atoms with van der Waals surface area (Å²) in [4.78, 5) is 0. The topological polar surface area (TPSA) is 29.5 Å². The van der Waals surface area contributed by atoms with Crippen LogP contribution in [0.25, 0.3) is 3.62 Å². The Labute approximate surface area is 122 Å². The second-order valence-electron chi connectivity index (χ2n) is 4.35. The van der Waals surface area contributed by atoms with E-state index in [1.165, 1.54) is 12.8 Å². The molecule has 96 valence electrons. The summed E-state index contributed by atoms with van der Waals surface area (Å²) in [7, 11) is 1.68. The van der Waals surface area contributed by atoms with Gasteiger partial charge in [-0.2, -0.15) is 0 Å². The third-order valence-corrected chi connectivity index (χ3v) is 6.45. The molecule has 0 aliphatic carbocycles. The van der Waals surface area contributed by atoms with Gasteiger partial charge in [0.15, 0.2) is 0 Å². The van der Waals surface area contributed by atoms with Crippen molar-refractivity contribution in [3.05, 3.63) is 65.7 Å². The molecule has 1 N–H and O–H groups in total. The van der Waals surface area contributed by atoms with Crippen LogP contribution in [-0.2, 0) is 0 Å². The van der Waals surface area contributed by atoms with E-state index in [9.17, 15) is 5.11 Å². The summed E-state index contributed by atoms with van der Waals surface area (Å²) in [6.07, 6.45) is 1.49. The summed E-state index contributed by atoms with van der Waals surface area (Å²) in [5, 5.41) is 10.3. The van der Waals surface area contributed by atoms with Crippen LogP contribution in [0, 0.1) is 0 Å². The molecule has 2 aromatic rings. The Morgan fingerprint density at radius 1 is 1.11 bits per heavy atom. The number of methoxy groups -OCH3 is 1. The van der Waals surface area contributed by atoms with E-state index in [-0.39, 0.29) is 0 Å². The van der Waals surface area contributed by atoms with Gasteiger partial charge in [0.2, 0.25) is 0 Å². The van der Waals surface area contributed by atoms with Crippen molar-refractivity contribution >= 4 is 28.2 Å². The van der Waals surface area contributed by atoms with E-state index >= 15 is 0 Å². The molecule has 0 radical (unpaired) electrons. The summed E-state index contributed by atoms with van der Waals surface area (Å²) in [5.41, 5.74) is 2.25. The first-order valence-corrected chi connectivity index (χ1v) is 8.42. The van der Waals surface area contributed by atoms with E-state index in [2.05, 4.69) is 18.2 Å². The molecule has 0 fully saturated rings. The Bertz CT molecular complexity index is 620. The number of hydrogen-bond donors (Lipinski definition) is 1. The molecule has 0 bridgehead atoms. The molecule has 2 nitrogen and oxygen atoms in total. The van der Waals surface area contributed by atoms with Crippen molar-refractivity contribution in [1.82, 2.24) is 0 Å². The number of fused-ring (bicyclic) bond motifs is 1. The molecule has 0 spiro atoms. The van der Waals surface area contributed by atoms with Gasteiger partial charge in [-0.3, -0.25) is 0 Å². The molecule has 1 atom stereocenters. The van der Waals surface area contributed by atoms with Crippen LogP contribution < -0.4 is 8.35 Å². The van der Waals surface area contributed by atoms with E-state index < -0.39 is 27.0 Å². The van der Waals surface area contributed by atoms with Gasteiger partial charge in [-0.05, 0) is 0 Å². The third kappa shape index (κ3) is 2.55. The van der Waals surface area contributed by atoms with Crippen LogP contribution in [-0.4, -0.2) is 33.1 Å². The Morgan fingerprint density at radius 2 is 1.89 bits per heavy atom. The quantitative estimate of drug-likeness (QED) is 0.826. The zero-order valence-corrected chi connectivity index (χ0v) is 12.9. The first-order chi connectivity index (χ1) is 9.28. The Morgan fingerprint density at radius 3 is 2.63 bits per heavy atom. The van der Waals surface area contributed by atoms with Crippen LogP contribution in [0.1, 0.15) is 17.2 Å². The number of benzene rings is 2. The molecular weight excluding hydrogens is 352 g/mol. The zero-order valence-electron chi connectivity index (χ0n) is 10.5. The predicted molar refractivity (Wildman–Crippen MR) is 77.8 cm³/mol. The van der Waals surface area contributed by atoms with E-state index in [0.29, 0.717) is 0 Å². The fourth-order valence-electron chi connectivity index (χ4n) is 2.12. The van der Waals surface area contributed by atoms with Crippen molar-refractivity contribution in [2.45, 2.75) is 6.10 Å². The van der Waals surface area contributed by atoms with Crippen LogP contribution in [0.15, 0.2) is 54.6 Å². The second-order valence-corrected chi connectivity index (χ2v) is 7.44. The number of ether oxygens (including phenoxy) is 1. The average Bonchev–Trinajstić information content (AvgIpc) is 2.47. The molecule has 19 heavy (non-hydrogen) atoms. The van der Waals surface area contributed by atoms with Gasteiger partial charge in [0.25, 0.3) is 0 Å². The van der Waals surface area contributed by atoms with Crippen molar-refractivity contribution in [2.24, 2.45) is 0 Å². The Hall–Kier alpha value is -1.27. The van der Waals surface area contributed by atoms with Crippen LogP contribution >= 0.6 is 0 Å². The van der Waals surface area contributed by atoms with Crippen LogP contribution in [0.4, 0.5) is 0 Å². The van der Waals surface area contributed by atoms with Crippen molar-refractivity contribution in [3.8, 4) is 5.75 Å². The summed E-state index contributed by atoms with van der Waals surface area (Å²) >= 11 is -0.480. The van der Waals surface area contributed by atoms with Gasteiger partial charge < -0.3 is 0 Å². The third-order valence-electron chi connectivity index (χ3n) is 3.13. The zero-order chi connectivity index (χ0) is 13.2. The normalized spacial score (nSPS) is 17.6. The SMILES string of the molecule is COc1ccc2c(c1)[Te]C(c1ccccc1)=CC2O. The molecule has 2 aromatic carbocycles. The summed E-state index contributed by atoms with van der Waals surface area (Å²) in [5.74, 6) is 0.866. The Kier molecular flexibility index (Phi) is 3.61. The predicted octanol–water partition coefficient (Wildman–Crippen LogP) is 2.11. The minimum atomic E-state index is -0.505. The molecule has 3 heteroatoms. The maximum atomic E-state index is 10.3. The molecule has 1 unspecified atom stereocenters. The number of rotatable bonds is 2. The van der Waals surface area contributed by atoms with Gasteiger partial charge in [0, 0.05) is 0 Å². The molecule has 3 rings (SSSR count). The van der Waals surface area contributed by atoms with Gasteiger partial charge in [-0.25, -0.2) is 0 Å². The van der Waals surface area contributed by atoms with Crippen molar-refractivity contribution in [1.29, 1.82) is 0 Å². The first-order valence-electron chi connectivity index (χ1n) is 6.09. The van der Waals surface area contributed by atoms with Gasteiger partial charge in [0.1, 0.15) is 0 Å². The standard InChI is InChI=1S/C16H14O2Te/c1-18-12-7-8-13-14(17)10-15(19-16(13)9-12)11-5-3-2-4-6-11/h2-10,14,17H,1H3. The van der Waals surface area contributed by atoms with Gasteiger partial charge in [-0.1, -0.05) is 0 Å². The van der Waals surface area contributed by atoms with Crippen LogP contribution in [0.3, 0.4) is 0 Å². The number of aliphatic hydroxyl groups is 1. The average molecular weight is 366 g/mol. The molecule has 1 aliphatic rings. The molecular formula is C16H14O2Te. The molecule has 1 aliphatic heterocycles. The number of hydrogen-bond acceptors (Lipinski definition) is 2. The Balaban J connectivity index is 2.00. The van der Waals surface area contributed by atoms with Gasteiger partial charge >= 0.3 is 123 Å². The van der Waals surface area contributed by atoms with E-state index in [1.807, 2.05) is 36.4 Å². The molecule has 0 amide bonds. The summed E-state index contributed by atoms with van der Waals surface area (Å²) < 4.78 is 7.83. The summed E-state index contributed by atoms with van der Waals surface area (Å²) in [6, 6.07) is 16.3. The summed E-state index contributed by atoms with van der Waals surface area (Å²) in [6.45, 7) is 0. The van der Waals surface area contributed by atoms with Crippen molar-refractivity contribution in [2.75, 3.05) is 7.11 Å². The first kappa shape index (κ1) is 12.7. The van der Waals surface area contributed by atoms with Gasteiger partial charge in [0.05, 0.1) is 0 Å². The van der Waals surface area contributed by atoms with E-state index in [0.717, 1.165) is 11.3 Å². The second kappa shape index (κ2) is 5.38. The fourth-order valence-corrected chi connectivity index (χ4v) is 5.46. The molecule has 1 heterocycles. The molecule has 0 aromatic heterocycles. The molecule has 0 saturated carbocycles. The van der Waals surface area contributed by atoms with Gasteiger partial charge in [-0.15, -0.1) is 0 Å². The van der Waals surface area contributed by atoms with Crippen molar-refractivity contribution in [3.63, 3.8) is 0 Å². The monoisotopic (exact) mass is 368 g/mol. The van der Waals surface area contributed by atoms with E-state index in [4.69, 9.17) is 4.74 Å². The van der Waals surface area contributed by atoms with Crippen LogP contribution in [0.5, 0.6) is 5.75 Å². The number of aliphatic hydroxyl groups excluding tert-OH is 1. The minimum absolute atomic E-state index is 0.480. The van der Waals surface area contributed by atoms with Crippen LogP contribution in [0.2, 0.25) is 0 Å².